The van der Waals surface area contributed by atoms with E-state index in [9.17, 15) is 9.90 Å². The van der Waals surface area contributed by atoms with E-state index in [0.29, 0.717) is 18.4 Å². The van der Waals surface area contributed by atoms with Gasteiger partial charge in [0, 0.05) is 17.5 Å². The lowest BCUT2D eigenvalue weighted by Crippen LogP contribution is -2.44. The molecule has 4 nitrogen and oxygen atoms in total. The molecule has 0 spiro atoms. The molecular weight excluding hydrogens is 274 g/mol. The highest BCUT2D eigenvalue weighted by Crippen LogP contribution is 2.40. The number of thiazole rings is 1. The van der Waals surface area contributed by atoms with E-state index in [1.807, 2.05) is 12.3 Å². The van der Waals surface area contributed by atoms with Crippen molar-refractivity contribution in [1.29, 1.82) is 0 Å². The van der Waals surface area contributed by atoms with E-state index in [4.69, 9.17) is 4.74 Å². The highest BCUT2D eigenvalue weighted by molar-refractivity contribution is 7.11. The molecule has 5 heteroatoms. The van der Waals surface area contributed by atoms with Gasteiger partial charge in [0.1, 0.15) is 11.1 Å². The first-order chi connectivity index (χ1) is 9.60. The Kier molecular flexibility index (Phi) is 3.65. The summed E-state index contributed by atoms with van der Waals surface area (Å²) in [5.41, 5.74) is 1.52. The third kappa shape index (κ3) is 2.29. The average molecular weight is 293 g/mol. The van der Waals surface area contributed by atoms with E-state index in [-0.39, 0.29) is 29.8 Å². The summed E-state index contributed by atoms with van der Waals surface area (Å²) >= 11 is 1.48. The summed E-state index contributed by atoms with van der Waals surface area (Å²) in [5, 5.41) is 12.7. The molecule has 0 aromatic carbocycles. The minimum absolute atomic E-state index is 0.126. The monoisotopic (exact) mass is 293 g/mol. The number of aliphatic hydroxyl groups is 1. The molecule has 2 aliphatic rings. The Labute approximate surface area is 122 Å². The maximum atomic E-state index is 12.7. The van der Waals surface area contributed by atoms with Gasteiger partial charge >= 0.3 is 0 Å². The largest absolute Gasteiger partial charge is 0.496 e. The zero-order chi connectivity index (χ0) is 14.3. The Morgan fingerprint density at radius 2 is 2.30 bits per heavy atom. The number of hydrogen-bond donors (Lipinski definition) is 1. The lowest BCUT2D eigenvalue weighted by molar-refractivity contribution is -0.129. The molecule has 1 aliphatic heterocycles. The van der Waals surface area contributed by atoms with Crippen LogP contribution in [-0.4, -0.2) is 28.1 Å². The van der Waals surface area contributed by atoms with Gasteiger partial charge in [0.05, 0.1) is 23.9 Å². The first-order valence-corrected chi connectivity index (χ1v) is 7.98. The van der Waals surface area contributed by atoms with Gasteiger partial charge in [-0.25, -0.2) is 4.98 Å². The molecule has 0 bridgehead atoms. The number of ketones is 1. The van der Waals surface area contributed by atoms with E-state index in [2.05, 4.69) is 11.9 Å². The van der Waals surface area contributed by atoms with E-state index in [1.165, 1.54) is 11.3 Å². The van der Waals surface area contributed by atoms with Crippen LogP contribution in [0.4, 0.5) is 0 Å². The lowest BCUT2D eigenvalue weighted by Gasteiger charge is -2.39. The third-order valence-corrected chi connectivity index (χ3v) is 5.35. The molecule has 1 aliphatic carbocycles. The molecular formula is C15H19NO3S. The fourth-order valence-electron chi connectivity index (χ4n) is 3.14. The second-order valence-electron chi connectivity index (χ2n) is 5.68. The van der Waals surface area contributed by atoms with E-state index >= 15 is 0 Å². The zero-order valence-electron chi connectivity index (χ0n) is 11.7. The van der Waals surface area contributed by atoms with Crippen LogP contribution >= 0.6 is 11.3 Å². The molecule has 108 valence electrons. The van der Waals surface area contributed by atoms with Gasteiger partial charge in [0.15, 0.2) is 5.78 Å². The van der Waals surface area contributed by atoms with Gasteiger partial charge in [-0.3, -0.25) is 4.79 Å². The van der Waals surface area contributed by atoms with Gasteiger partial charge < -0.3 is 9.84 Å². The standard InChI is InChI=1S/C15H19NO3S/c1-3-9-4-10-13(5-12(9)17)19-6-11(14(10)18)15-16-8(2)7-20-15/h6-7,9-10,12-13,17H,3-5H2,1-2H3. The van der Waals surface area contributed by atoms with Gasteiger partial charge in [0.2, 0.25) is 0 Å². The molecule has 20 heavy (non-hydrogen) atoms. The van der Waals surface area contributed by atoms with Crippen LogP contribution in [0.5, 0.6) is 0 Å². The van der Waals surface area contributed by atoms with Crippen molar-refractivity contribution in [3.05, 3.63) is 22.3 Å². The van der Waals surface area contributed by atoms with Crippen molar-refractivity contribution in [1.82, 2.24) is 4.98 Å². The van der Waals surface area contributed by atoms with Crippen molar-refractivity contribution < 1.29 is 14.6 Å². The number of nitrogens with zero attached hydrogens (tertiary/aromatic N) is 1. The first-order valence-electron chi connectivity index (χ1n) is 7.10. The van der Waals surface area contributed by atoms with Crippen LogP contribution in [0.15, 0.2) is 11.6 Å². The summed E-state index contributed by atoms with van der Waals surface area (Å²) in [5.74, 6) is 0.190. The van der Waals surface area contributed by atoms with Crippen molar-refractivity contribution in [2.24, 2.45) is 11.8 Å². The highest BCUT2D eigenvalue weighted by atomic mass is 32.1. The Morgan fingerprint density at radius 1 is 1.50 bits per heavy atom. The van der Waals surface area contributed by atoms with Crippen molar-refractivity contribution in [2.45, 2.75) is 45.3 Å². The minimum Gasteiger partial charge on any atom is -0.496 e. The molecule has 1 aromatic rings. The summed E-state index contributed by atoms with van der Waals surface area (Å²) < 4.78 is 5.72. The second kappa shape index (κ2) is 5.30. The van der Waals surface area contributed by atoms with Crippen molar-refractivity contribution in [2.75, 3.05) is 0 Å². The van der Waals surface area contributed by atoms with Crippen LogP contribution in [0.2, 0.25) is 0 Å². The number of Topliss-reactive ketones (excluding diaryl/α,β-unsaturated/α-hetero) is 1. The second-order valence-corrected chi connectivity index (χ2v) is 6.54. The molecule has 1 fully saturated rings. The fourth-order valence-corrected chi connectivity index (χ4v) is 3.95. The summed E-state index contributed by atoms with van der Waals surface area (Å²) in [6.07, 6.45) is 3.17. The number of carbonyl (C=O) groups excluding carboxylic acids is 1. The summed E-state index contributed by atoms with van der Waals surface area (Å²) in [7, 11) is 0. The molecule has 2 heterocycles. The van der Waals surface area contributed by atoms with Crippen LogP contribution in [-0.2, 0) is 9.53 Å². The molecule has 4 atom stereocenters. The smallest absolute Gasteiger partial charge is 0.175 e. The van der Waals surface area contributed by atoms with E-state index < -0.39 is 0 Å². The number of aromatic nitrogens is 1. The predicted molar refractivity (Wildman–Crippen MR) is 77.2 cm³/mol. The van der Waals surface area contributed by atoms with Gasteiger partial charge in [-0.05, 0) is 19.3 Å². The molecule has 1 saturated carbocycles. The Bertz CT molecular complexity index is 551. The van der Waals surface area contributed by atoms with Crippen LogP contribution < -0.4 is 0 Å². The lowest BCUT2D eigenvalue weighted by atomic mass is 9.73. The molecule has 0 radical (unpaired) electrons. The number of aliphatic hydroxyl groups excluding tert-OH is 1. The Morgan fingerprint density at radius 3 is 2.95 bits per heavy atom. The molecule has 4 unspecified atom stereocenters. The number of aryl methyl sites for hydroxylation is 1. The van der Waals surface area contributed by atoms with Crippen molar-refractivity contribution >= 4 is 22.7 Å². The number of fused-ring (bicyclic) bond motifs is 1. The summed E-state index contributed by atoms with van der Waals surface area (Å²) in [6.45, 7) is 3.98. The molecule has 0 amide bonds. The first kappa shape index (κ1) is 13.8. The number of carbonyl (C=O) groups is 1. The number of ether oxygens (including phenoxy) is 1. The maximum Gasteiger partial charge on any atom is 0.175 e. The van der Waals surface area contributed by atoms with E-state index in [1.54, 1.807) is 6.26 Å². The van der Waals surface area contributed by atoms with Crippen LogP contribution in [0, 0.1) is 18.8 Å². The quantitative estimate of drug-likeness (QED) is 0.910. The Hall–Kier alpha value is -1.20. The number of allylic oxidation sites excluding steroid dienone is 1. The predicted octanol–water partition coefficient (Wildman–Crippen LogP) is 2.56. The van der Waals surface area contributed by atoms with E-state index in [0.717, 1.165) is 17.1 Å². The molecule has 3 rings (SSSR count). The van der Waals surface area contributed by atoms with Crippen molar-refractivity contribution in [3.8, 4) is 0 Å². The van der Waals surface area contributed by atoms with Gasteiger partial charge in [-0.1, -0.05) is 13.3 Å². The summed E-state index contributed by atoms with van der Waals surface area (Å²) in [4.78, 5) is 17.1. The highest BCUT2D eigenvalue weighted by Gasteiger charge is 2.43. The van der Waals surface area contributed by atoms with Crippen LogP contribution in [0.25, 0.3) is 5.57 Å². The van der Waals surface area contributed by atoms with Gasteiger partial charge in [-0.2, -0.15) is 0 Å². The third-order valence-electron chi connectivity index (χ3n) is 4.36. The van der Waals surface area contributed by atoms with Crippen LogP contribution in [0.3, 0.4) is 0 Å². The molecule has 1 N–H and O–H groups in total. The normalized spacial score (nSPS) is 33.4. The summed E-state index contributed by atoms with van der Waals surface area (Å²) in [6, 6.07) is 0. The number of hydrogen-bond acceptors (Lipinski definition) is 5. The van der Waals surface area contributed by atoms with Gasteiger partial charge in [0.25, 0.3) is 0 Å². The molecule has 0 saturated heterocycles. The Balaban J connectivity index is 1.86. The van der Waals surface area contributed by atoms with Gasteiger partial charge in [-0.15, -0.1) is 11.3 Å². The number of rotatable bonds is 2. The average Bonchev–Trinajstić information content (AvgIpc) is 2.85. The van der Waals surface area contributed by atoms with Crippen molar-refractivity contribution in [3.63, 3.8) is 0 Å². The topological polar surface area (TPSA) is 59.4 Å². The zero-order valence-corrected chi connectivity index (χ0v) is 12.5. The minimum atomic E-state index is -0.355. The molecule has 1 aromatic heterocycles. The maximum absolute atomic E-state index is 12.7. The van der Waals surface area contributed by atoms with Crippen LogP contribution in [0.1, 0.15) is 36.9 Å². The SMILES string of the molecule is CCC1CC2C(=O)C(c3nc(C)cs3)=COC2CC1O. The fraction of sp³-hybridized carbons (Fsp3) is 0.600.